The molecular weight excluding hydrogens is 250 g/mol. The second kappa shape index (κ2) is 6.76. The highest BCUT2D eigenvalue weighted by Crippen LogP contribution is 2.38. The van der Waals surface area contributed by atoms with E-state index in [0.717, 1.165) is 31.4 Å². The summed E-state index contributed by atoms with van der Waals surface area (Å²) in [6, 6.07) is 0.636. The minimum Gasteiger partial charge on any atom is -0.386 e. The van der Waals surface area contributed by atoms with Gasteiger partial charge in [0.05, 0.1) is 6.61 Å². The number of hydrogen-bond acceptors (Lipinski definition) is 3. The van der Waals surface area contributed by atoms with Crippen molar-refractivity contribution < 1.29 is 9.84 Å². The van der Waals surface area contributed by atoms with Crippen molar-refractivity contribution in [1.82, 2.24) is 5.32 Å². The van der Waals surface area contributed by atoms with Crippen molar-refractivity contribution in [1.29, 1.82) is 0 Å². The van der Waals surface area contributed by atoms with Gasteiger partial charge in [-0.3, -0.25) is 0 Å². The smallest absolute Gasteiger partial charge is 0.102 e. The number of ether oxygens (including phenoxy) is 1. The van der Waals surface area contributed by atoms with E-state index in [1.807, 2.05) is 0 Å². The van der Waals surface area contributed by atoms with Crippen LogP contribution >= 0.6 is 0 Å². The quantitative estimate of drug-likeness (QED) is 0.832. The molecule has 0 spiro atoms. The van der Waals surface area contributed by atoms with E-state index >= 15 is 0 Å². The fourth-order valence-corrected chi connectivity index (χ4v) is 4.60. The largest absolute Gasteiger partial charge is 0.386 e. The van der Waals surface area contributed by atoms with Crippen molar-refractivity contribution in [3.8, 4) is 0 Å². The molecule has 0 aromatic rings. The highest BCUT2D eigenvalue weighted by molar-refractivity contribution is 4.91. The van der Waals surface area contributed by atoms with Crippen LogP contribution < -0.4 is 5.32 Å². The third-order valence-electron chi connectivity index (χ3n) is 5.85. The number of rotatable bonds is 4. The van der Waals surface area contributed by atoms with Gasteiger partial charge in [-0.25, -0.2) is 0 Å². The molecular formula is C17H31NO2. The van der Waals surface area contributed by atoms with Crippen LogP contribution in [0.5, 0.6) is 0 Å². The first-order valence-electron chi connectivity index (χ1n) is 8.80. The normalized spacial score (nSPS) is 40.0. The van der Waals surface area contributed by atoms with Crippen LogP contribution in [0.2, 0.25) is 0 Å². The zero-order chi connectivity index (χ0) is 13.8. The summed E-state index contributed by atoms with van der Waals surface area (Å²) in [5, 5.41) is 14.2. The first kappa shape index (κ1) is 14.8. The molecule has 1 saturated heterocycles. The standard InChI is InChI=1S/C17H31NO2/c19-17(10-11-20-13-17)12-18-16-9-5-4-8-15(16)14-6-2-1-3-7-14/h14-16,18-19H,1-13H2. The van der Waals surface area contributed by atoms with Gasteiger partial charge in [0.15, 0.2) is 0 Å². The maximum atomic E-state index is 10.4. The van der Waals surface area contributed by atoms with E-state index in [4.69, 9.17) is 4.74 Å². The molecule has 3 heteroatoms. The lowest BCUT2D eigenvalue weighted by molar-refractivity contribution is 0.0187. The summed E-state index contributed by atoms with van der Waals surface area (Å²) < 4.78 is 5.35. The lowest BCUT2D eigenvalue weighted by Crippen LogP contribution is -2.49. The minimum atomic E-state index is -0.603. The molecule has 2 aliphatic carbocycles. The Balaban J connectivity index is 1.54. The molecule has 3 rings (SSSR count). The number of hydrogen-bond donors (Lipinski definition) is 2. The van der Waals surface area contributed by atoms with Crippen LogP contribution in [0.15, 0.2) is 0 Å². The lowest BCUT2D eigenvalue weighted by Gasteiger charge is -2.40. The molecule has 3 aliphatic rings. The van der Waals surface area contributed by atoms with Gasteiger partial charge in [0, 0.05) is 25.6 Å². The highest BCUT2D eigenvalue weighted by atomic mass is 16.5. The van der Waals surface area contributed by atoms with Crippen molar-refractivity contribution in [2.75, 3.05) is 19.8 Å². The summed E-state index contributed by atoms with van der Waals surface area (Å²) in [6.07, 6.45) is 13.5. The summed E-state index contributed by atoms with van der Waals surface area (Å²) in [7, 11) is 0. The van der Waals surface area contributed by atoms with Gasteiger partial charge in [-0.15, -0.1) is 0 Å². The zero-order valence-electron chi connectivity index (χ0n) is 12.8. The fraction of sp³-hybridized carbons (Fsp3) is 1.00. The number of nitrogens with one attached hydrogen (secondary N) is 1. The Morgan fingerprint density at radius 1 is 1.00 bits per heavy atom. The Labute approximate surface area is 123 Å². The van der Waals surface area contributed by atoms with Crippen molar-refractivity contribution in [2.45, 2.75) is 75.9 Å². The summed E-state index contributed by atoms with van der Waals surface area (Å²) in [5.74, 6) is 1.80. The van der Waals surface area contributed by atoms with E-state index in [9.17, 15) is 5.11 Å². The highest BCUT2D eigenvalue weighted by Gasteiger charge is 2.36. The van der Waals surface area contributed by atoms with E-state index in [1.165, 1.54) is 57.8 Å². The zero-order valence-corrected chi connectivity index (χ0v) is 12.8. The SMILES string of the molecule is OC1(CNC2CCCCC2C2CCCCC2)CCOC1. The summed E-state index contributed by atoms with van der Waals surface area (Å²) in [5.41, 5.74) is -0.603. The molecule has 0 aromatic carbocycles. The third kappa shape index (κ3) is 3.55. The van der Waals surface area contributed by atoms with Crippen LogP contribution in [-0.2, 0) is 4.74 Å². The van der Waals surface area contributed by atoms with Gasteiger partial charge < -0.3 is 15.2 Å². The van der Waals surface area contributed by atoms with E-state index in [-0.39, 0.29) is 0 Å². The van der Waals surface area contributed by atoms with Crippen LogP contribution in [0.25, 0.3) is 0 Å². The monoisotopic (exact) mass is 281 g/mol. The maximum absolute atomic E-state index is 10.4. The average molecular weight is 281 g/mol. The van der Waals surface area contributed by atoms with Gasteiger partial charge in [0.25, 0.3) is 0 Å². The molecule has 2 N–H and O–H groups in total. The predicted octanol–water partition coefficient (Wildman–Crippen LogP) is 2.87. The van der Waals surface area contributed by atoms with E-state index in [1.54, 1.807) is 0 Å². The number of aliphatic hydroxyl groups is 1. The van der Waals surface area contributed by atoms with Crippen LogP contribution in [-0.4, -0.2) is 36.5 Å². The van der Waals surface area contributed by atoms with Gasteiger partial charge in [-0.1, -0.05) is 44.9 Å². The fourth-order valence-electron chi connectivity index (χ4n) is 4.60. The van der Waals surface area contributed by atoms with E-state index in [2.05, 4.69) is 5.32 Å². The van der Waals surface area contributed by atoms with E-state index < -0.39 is 5.60 Å². The molecule has 3 unspecified atom stereocenters. The first-order chi connectivity index (χ1) is 9.77. The maximum Gasteiger partial charge on any atom is 0.102 e. The molecule has 3 atom stereocenters. The van der Waals surface area contributed by atoms with Crippen molar-refractivity contribution in [2.24, 2.45) is 11.8 Å². The first-order valence-corrected chi connectivity index (χ1v) is 8.80. The molecule has 2 saturated carbocycles. The second-order valence-electron chi connectivity index (χ2n) is 7.36. The van der Waals surface area contributed by atoms with Gasteiger partial charge in [0.2, 0.25) is 0 Å². The Kier molecular flexibility index (Phi) is 5.00. The second-order valence-corrected chi connectivity index (χ2v) is 7.36. The van der Waals surface area contributed by atoms with Crippen molar-refractivity contribution in [3.05, 3.63) is 0 Å². The molecule has 0 bridgehead atoms. The Morgan fingerprint density at radius 3 is 2.50 bits per heavy atom. The Hall–Kier alpha value is -0.120. The Bertz CT molecular complexity index is 295. The molecule has 3 nitrogen and oxygen atoms in total. The van der Waals surface area contributed by atoms with E-state index in [0.29, 0.717) is 12.6 Å². The third-order valence-corrected chi connectivity index (χ3v) is 5.85. The molecule has 0 aromatic heterocycles. The lowest BCUT2D eigenvalue weighted by atomic mass is 9.71. The molecule has 0 radical (unpaired) electrons. The van der Waals surface area contributed by atoms with Crippen LogP contribution in [0.3, 0.4) is 0 Å². The van der Waals surface area contributed by atoms with Crippen molar-refractivity contribution in [3.63, 3.8) is 0 Å². The molecule has 3 fully saturated rings. The molecule has 0 amide bonds. The molecule has 116 valence electrons. The summed E-state index contributed by atoms with van der Waals surface area (Å²) in [6.45, 7) is 1.95. The van der Waals surface area contributed by atoms with Crippen molar-refractivity contribution >= 4 is 0 Å². The summed E-state index contributed by atoms with van der Waals surface area (Å²) in [4.78, 5) is 0. The van der Waals surface area contributed by atoms with Gasteiger partial charge in [-0.05, 0) is 24.7 Å². The topological polar surface area (TPSA) is 41.5 Å². The van der Waals surface area contributed by atoms with Gasteiger partial charge in [-0.2, -0.15) is 0 Å². The molecule has 1 heterocycles. The van der Waals surface area contributed by atoms with Crippen LogP contribution in [0, 0.1) is 11.8 Å². The molecule has 20 heavy (non-hydrogen) atoms. The van der Waals surface area contributed by atoms with Gasteiger partial charge >= 0.3 is 0 Å². The minimum absolute atomic E-state index is 0.515. The summed E-state index contributed by atoms with van der Waals surface area (Å²) >= 11 is 0. The van der Waals surface area contributed by atoms with Crippen LogP contribution in [0.4, 0.5) is 0 Å². The van der Waals surface area contributed by atoms with Crippen LogP contribution in [0.1, 0.15) is 64.2 Å². The average Bonchev–Trinajstić information content (AvgIpc) is 2.94. The van der Waals surface area contributed by atoms with Gasteiger partial charge in [0.1, 0.15) is 5.60 Å². The predicted molar refractivity (Wildman–Crippen MR) is 80.7 cm³/mol. The molecule has 1 aliphatic heterocycles. The Morgan fingerprint density at radius 2 is 1.75 bits per heavy atom.